The number of halogens is 1. The van der Waals surface area contributed by atoms with Gasteiger partial charge in [-0.15, -0.1) is 0 Å². The monoisotopic (exact) mass is 754 g/mol. The van der Waals surface area contributed by atoms with E-state index in [4.69, 9.17) is 14.2 Å². The molecule has 0 saturated heterocycles. The third-order valence-electron chi connectivity index (χ3n) is 8.85. The molecule has 0 unspecified atom stereocenters. The summed E-state index contributed by atoms with van der Waals surface area (Å²) in [6.07, 6.45) is 0. The van der Waals surface area contributed by atoms with Gasteiger partial charge in [0.05, 0.1) is 0 Å². The van der Waals surface area contributed by atoms with Gasteiger partial charge in [-0.05, 0) is 0 Å². The fourth-order valence-corrected chi connectivity index (χ4v) is 54.7. The van der Waals surface area contributed by atoms with Crippen LogP contribution in [0.25, 0.3) is 0 Å². The van der Waals surface area contributed by atoms with Gasteiger partial charge in [0.25, 0.3) is 0 Å². The predicted molar refractivity (Wildman–Crippen MR) is 213 cm³/mol. The van der Waals surface area contributed by atoms with Crippen molar-refractivity contribution in [3.05, 3.63) is 212 Å². The summed E-state index contributed by atoms with van der Waals surface area (Å²) >= 11 is 5.13. The van der Waals surface area contributed by atoms with Gasteiger partial charge in [-0.2, -0.15) is 0 Å². The van der Waals surface area contributed by atoms with Gasteiger partial charge < -0.3 is 0 Å². The van der Waals surface area contributed by atoms with Crippen molar-refractivity contribution >= 4 is 62.7 Å². The van der Waals surface area contributed by atoms with E-state index in [-0.39, 0.29) is 0 Å². The van der Waals surface area contributed by atoms with Crippen LogP contribution in [0.5, 0.6) is 0 Å². The summed E-state index contributed by atoms with van der Waals surface area (Å²) in [5.41, 5.74) is 1.32. The van der Waals surface area contributed by atoms with Crippen LogP contribution in [-0.4, -0.2) is 0 Å². The zero-order valence-corrected chi connectivity index (χ0v) is 30.9. The van der Waals surface area contributed by atoms with E-state index in [0.29, 0.717) is 0 Å². The van der Waals surface area contributed by atoms with Crippen molar-refractivity contribution in [2.75, 3.05) is 0 Å². The number of aryl methyl sites for hydroxylation is 1. The van der Waals surface area contributed by atoms with Gasteiger partial charge in [0.1, 0.15) is 0 Å². The Hall–Kier alpha value is -3.63. The van der Waals surface area contributed by atoms with Gasteiger partial charge in [-0.25, -0.2) is 0 Å². The molecule has 0 amide bonds. The Morgan fingerprint density at radius 2 is 0.532 bits per heavy atom. The average Bonchev–Trinajstić information content (AvgIpc) is 3.15. The first-order chi connectivity index (χ1) is 23.1. The second-order valence-electron chi connectivity index (χ2n) is 11.6. The van der Waals surface area contributed by atoms with E-state index < -0.39 is 21.8 Å². The molecule has 0 saturated carbocycles. The molecule has 7 aromatic rings. The Balaban J connectivity index is 1.84. The summed E-state index contributed by atoms with van der Waals surface area (Å²) in [5.74, 6) is 0. The van der Waals surface area contributed by atoms with Crippen LogP contribution in [0.4, 0.5) is 0 Å². The summed E-state index contributed by atoms with van der Waals surface area (Å²) in [6, 6.07) is 71.9. The topological polar surface area (TPSA) is 0 Å². The van der Waals surface area contributed by atoms with Gasteiger partial charge in [0.2, 0.25) is 0 Å². The standard InChI is InChI=1S/2C18H15P.C7H7.BrH.Ni/c2*1-4-10-16(11-5-1)19(17-12-6-2-7-13-17)18-14-8-3-9-15-18;1-7-5-3-2-4-6-7;;/h2*1-15H;2-5H,1H3;1H;/q;;;;-1/p+1. The Morgan fingerprint density at radius 3 is 0.766 bits per heavy atom. The van der Waals surface area contributed by atoms with E-state index in [9.17, 15) is 0 Å². The van der Waals surface area contributed by atoms with Crippen molar-refractivity contribution < 1.29 is 9.75 Å². The SMILES string of the molecule is Cc1cccc[c]1[Ni]([Br])([PH](c1ccccc1)(c1ccccc1)c1ccccc1)[PH](c1ccccc1)(c1ccccc1)c1ccccc1. The van der Waals surface area contributed by atoms with Gasteiger partial charge in [0.15, 0.2) is 0 Å². The molecule has 238 valence electrons. The van der Waals surface area contributed by atoms with Crippen molar-refractivity contribution in [2.45, 2.75) is 6.92 Å². The molecule has 0 aliphatic heterocycles. The Bertz CT molecular complexity index is 1720. The summed E-state index contributed by atoms with van der Waals surface area (Å²) in [7, 11) is -2.27. The average molecular weight is 756 g/mol. The maximum absolute atomic E-state index is 5.13. The van der Waals surface area contributed by atoms with Crippen LogP contribution in [0, 0.1) is 6.92 Å². The van der Waals surface area contributed by atoms with Gasteiger partial charge >= 0.3 is 291 Å². The summed E-state index contributed by atoms with van der Waals surface area (Å²) in [4.78, 5) is 0. The summed E-state index contributed by atoms with van der Waals surface area (Å²) < 4.78 is 1.43. The Kier molecular flexibility index (Phi) is 9.41. The second-order valence-corrected chi connectivity index (χ2v) is 35.9. The first-order valence-corrected chi connectivity index (χ1v) is 25.4. The van der Waals surface area contributed by atoms with Crippen LogP contribution < -0.4 is 36.4 Å². The minimum atomic E-state index is -3.06. The number of hydrogen-bond acceptors (Lipinski definition) is 0. The van der Waals surface area contributed by atoms with Crippen molar-refractivity contribution in [1.29, 1.82) is 0 Å². The van der Waals surface area contributed by atoms with Crippen LogP contribution in [0.3, 0.4) is 0 Å². The molecule has 0 aliphatic rings. The fraction of sp³-hybridized carbons (Fsp3) is 0.0233. The molecule has 47 heavy (non-hydrogen) atoms. The molecule has 0 aromatic heterocycles. The number of rotatable bonds is 9. The molecule has 0 aliphatic carbocycles. The summed E-state index contributed by atoms with van der Waals surface area (Å²) in [6.45, 7) is 2.32. The molecule has 0 N–H and O–H groups in total. The molecule has 7 aromatic carbocycles. The van der Waals surface area contributed by atoms with Crippen molar-refractivity contribution in [3.8, 4) is 0 Å². The first kappa shape index (κ1) is 31.9. The molecular weight excluding hydrogens is 717 g/mol. The molecule has 0 heterocycles. The van der Waals surface area contributed by atoms with Crippen LogP contribution >= 0.6 is 26.3 Å². The van der Waals surface area contributed by atoms with E-state index >= 15 is 0 Å². The first-order valence-electron chi connectivity index (χ1n) is 15.9. The fourth-order valence-electron chi connectivity index (χ4n) is 6.92. The van der Waals surface area contributed by atoms with Gasteiger partial charge in [-0.1, -0.05) is 0 Å². The van der Waals surface area contributed by atoms with Crippen molar-refractivity contribution in [2.24, 2.45) is 0 Å². The molecule has 0 spiro atoms. The zero-order chi connectivity index (χ0) is 32.2. The van der Waals surface area contributed by atoms with E-state index in [2.05, 4.69) is 213 Å². The number of benzene rings is 7. The molecule has 0 nitrogen and oxygen atoms in total. The van der Waals surface area contributed by atoms with Crippen molar-refractivity contribution in [1.82, 2.24) is 0 Å². The predicted octanol–water partition coefficient (Wildman–Crippen LogP) is 8.37. The second kappa shape index (κ2) is 13.8. The molecule has 4 heteroatoms. The van der Waals surface area contributed by atoms with Crippen molar-refractivity contribution in [3.63, 3.8) is 0 Å². The molecule has 0 fully saturated rings. The van der Waals surface area contributed by atoms with E-state index in [1.54, 1.807) is 0 Å². The third kappa shape index (κ3) is 5.19. The molecule has 0 radical (unpaired) electrons. The molecular formula is C43H39BrNiP2. The zero-order valence-electron chi connectivity index (χ0n) is 26.3. The van der Waals surface area contributed by atoms with Crippen LogP contribution in [0.2, 0.25) is 0 Å². The van der Waals surface area contributed by atoms with Crippen LogP contribution in [0.15, 0.2) is 206 Å². The quantitative estimate of drug-likeness (QED) is 0.103. The van der Waals surface area contributed by atoms with Gasteiger partial charge in [0, 0.05) is 0 Å². The molecule has 0 bridgehead atoms. The maximum atomic E-state index is 5.13. The summed E-state index contributed by atoms with van der Waals surface area (Å²) in [5, 5.41) is 8.48. The van der Waals surface area contributed by atoms with E-state index in [1.165, 1.54) is 41.9 Å². The normalized spacial score (nSPS) is 14.4. The Labute approximate surface area is 289 Å². The Morgan fingerprint density at radius 1 is 0.319 bits per heavy atom. The van der Waals surface area contributed by atoms with Crippen LogP contribution in [0.1, 0.15) is 5.56 Å². The molecule has 0 atom stereocenters. The number of hydrogen-bond donors (Lipinski definition) is 0. The van der Waals surface area contributed by atoms with Gasteiger partial charge in [-0.3, -0.25) is 0 Å². The van der Waals surface area contributed by atoms with Crippen LogP contribution in [-0.2, 0) is 9.75 Å². The van der Waals surface area contributed by atoms with E-state index in [1.807, 2.05) is 0 Å². The van der Waals surface area contributed by atoms with E-state index in [0.717, 1.165) is 0 Å². The third-order valence-corrected chi connectivity index (χ3v) is 47.0. The molecule has 7 rings (SSSR count). The minimum absolute atomic E-state index is 1.32.